The number of para-hydroxylation sites is 1. The van der Waals surface area contributed by atoms with Crippen LogP contribution in [0.5, 0.6) is 0 Å². The van der Waals surface area contributed by atoms with Crippen molar-refractivity contribution >= 4 is 27.2 Å². The van der Waals surface area contributed by atoms with E-state index in [-0.39, 0.29) is 4.90 Å². The van der Waals surface area contributed by atoms with Gasteiger partial charge in [-0.25, -0.2) is 13.4 Å². The lowest BCUT2D eigenvalue weighted by atomic mass is 10.0. The van der Waals surface area contributed by atoms with Gasteiger partial charge < -0.3 is 4.90 Å². The second-order valence-corrected chi connectivity index (χ2v) is 8.81. The van der Waals surface area contributed by atoms with Crippen molar-refractivity contribution in [3.05, 3.63) is 77.5 Å². The summed E-state index contributed by atoms with van der Waals surface area (Å²) in [6.45, 7) is 4.66. The van der Waals surface area contributed by atoms with E-state index in [2.05, 4.69) is 32.8 Å². The molecule has 0 saturated heterocycles. The van der Waals surface area contributed by atoms with E-state index in [0.717, 1.165) is 30.6 Å². The fraction of sp³-hybridized carbons (Fsp3) is 0.227. The van der Waals surface area contributed by atoms with Gasteiger partial charge in [-0.1, -0.05) is 35.9 Å². The van der Waals surface area contributed by atoms with Crippen LogP contribution in [-0.2, 0) is 16.4 Å². The number of sulfonamides is 1. The van der Waals surface area contributed by atoms with Crippen molar-refractivity contribution in [2.45, 2.75) is 31.6 Å². The number of hydrogen-bond donors (Lipinski definition) is 1. The minimum absolute atomic E-state index is 0.272. The van der Waals surface area contributed by atoms with Crippen molar-refractivity contribution in [2.24, 2.45) is 0 Å². The number of pyridine rings is 1. The third kappa shape index (κ3) is 3.60. The van der Waals surface area contributed by atoms with Gasteiger partial charge in [-0.3, -0.25) is 4.72 Å². The van der Waals surface area contributed by atoms with E-state index in [1.807, 2.05) is 25.1 Å². The molecule has 1 aromatic heterocycles. The van der Waals surface area contributed by atoms with E-state index in [1.165, 1.54) is 11.3 Å². The molecule has 144 valence electrons. The van der Waals surface area contributed by atoms with Gasteiger partial charge in [0.1, 0.15) is 5.82 Å². The topological polar surface area (TPSA) is 62.3 Å². The van der Waals surface area contributed by atoms with E-state index in [0.29, 0.717) is 11.4 Å². The molecule has 0 spiro atoms. The highest BCUT2D eigenvalue weighted by Gasteiger charge is 2.20. The molecule has 6 heteroatoms. The lowest BCUT2D eigenvalue weighted by molar-refractivity contribution is 0.600. The lowest BCUT2D eigenvalue weighted by Gasteiger charge is -2.31. The van der Waals surface area contributed by atoms with Gasteiger partial charge in [0.05, 0.1) is 16.8 Å². The molecule has 0 bridgehead atoms. The first-order valence-electron chi connectivity index (χ1n) is 9.36. The maximum absolute atomic E-state index is 12.7. The van der Waals surface area contributed by atoms with Crippen LogP contribution < -0.4 is 9.62 Å². The summed E-state index contributed by atoms with van der Waals surface area (Å²) in [5, 5.41) is 0. The van der Waals surface area contributed by atoms with Gasteiger partial charge in [-0.15, -0.1) is 0 Å². The third-order valence-corrected chi connectivity index (χ3v) is 6.54. The van der Waals surface area contributed by atoms with E-state index in [4.69, 9.17) is 0 Å². The Labute approximate surface area is 166 Å². The molecular weight excluding hydrogens is 370 g/mol. The van der Waals surface area contributed by atoms with Crippen LogP contribution in [0.1, 0.15) is 23.1 Å². The average Bonchev–Trinajstić information content (AvgIpc) is 2.67. The van der Waals surface area contributed by atoms with Gasteiger partial charge in [0, 0.05) is 12.2 Å². The number of hydrogen-bond acceptors (Lipinski definition) is 4. The Morgan fingerprint density at radius 2 is 1.86 bits per heavy atom. The molecule has 0 unspecified atom stereocenters. The quantitative estimate of drug-likeness (QED) is 0.705. The molecule has 0 fully saturated rings. The molecule has 2 heterocycles. The predicted molar refractivity (Wildman–Crippen MR) is 113 cm³/mol. The van der Waals surface area contributed by atoms with E-state index >= 15 is 0 Å². The van der Waals surface area contributed by atoms with Gasteiger partial charge >= 0.3 is 0 Å². The zero-order valence-electron chi connectivity index (χ0n) is 16.0. The smallest absolute Gasteiger partial charge is 0.263 e. The fourth-order valence-electron chi connectivity index (χ4n) is 3.70. The highest BCUT2D eigenvalue weighted by molar-refractivity contribution is 7.92. The van der Waals surface area contributed by atoms with Crippen LogP contribution in [0.4, 0.5) is 17.2 Å². The van der Waals surface area contributed by atoms with Crippen LogP contribution in [-0.4, -0.2) is 19.9 Å². The highest BCUT2D eigenvalue weighted by atomic mass is 32.2. The number of aryl methyl sites for hydroxylation is 3. The summed E-state index contributed by atoms with van der Waals surface area (Å²) in [6, 6.07) is 17.3. The molecule has 1 aliphatic rings. The Morgan fingerprint density at radius 3 is 2.61 bits per heavy atom. The summed E-state index contributed by atoms with van der Waals surface area (Å²) >= 11 is 0. The number of fused-ring (bicyclic) bond motifs is 1. The Hall–Kier alpha value is -2.86. The maximum Gasteiger partial charge on any atom is 0.263 e. The average molecular weight is 394 g/mol. The zero-order chi connectivity index (χ0) is 19.7. The molecule has 2 aromatic carbocycles. The molecule has 0 saturated carbocycles. The molecule has 0 amide bonds. The number of rotatable bonds is 4. The molecule has 0 radical (unpaired) electrons. The lowest BCUT2D eigenvalue weighted by Crippen LogP contribution is -2.24. The normalized spacial score (nSPS) is 13.9. The second kappa shape index (κ2) is 7.28. The van der Waals surface area contributed by atoms with Crippen LogP contribution in [0.25, 0.3) is 0 Å². The van der Waals surface area contributed by atoms with Crippen LogP contribution in [0.3, 0.4) is 0 Å². The van der Waals surface area contributed by atoms with Gasteiger partial charge in [-0.05, 0) is 62.1 Å². The number of aromatic nitrogens is 1. The van der Waals surface area contributed by atoms with Crippen molar-refractivity contribution in [3.63, 3.8) is 0 Å². The van der Waals surface area contributed by atoms with Gasteiger partial charge in [0.25, 0.3) is 10.0 Å². The monoisotopic (exact) mass is 393 g/mol. The minimum Gasteiger partial charge on any atom is -0.340 e. The predicted octanol–water partition coefficient (Wildman–Crippen LogP) is 4.58. The maximum atomic E-state index is 12.7. The number of anilines is 3. The Morgan fingerprint density at radius 1 is 1.04 bits per heavy atom. The summed E-state index contributed by atoms with van der Waals surface area (Å²) in [7, 11) is -3.67. The Kier molecular flexibility index (Phi) is 4.81. The largest absolute Gasteiger partial charge is 0.340 e. The van der Waals surface area contributed by atoms with Crippen molar-refractivity contribution in [2.75, 3.05) is 16.2 Å². The van der Waals surface area contributed by atoms with Crippen LogP contribution in [0.2, 0.25) is 0 Å². The highest BCUT2D eigenvalue weighted by Crippen LogP contribution is 2.33. The molecule has 1 N–H and O–H groups in total. The molecule has 0 aliphatic carbocycles. The summed E-state index contributed by atoms with van der Waals surface area (Å²) in [5.41, 5.74) is 5.23. The van der Waals surface area contributed by atoms with Crippen molar-refractivity contribution in [3.8, 4) is 0 Å². The molecule has 5 nitrogen and oxygen atoms in total. The van der Waals surface area contributed by atoms with Crippen LogP contribution in [0, 0.1) is 13.8 Å². The second-order valence-electron chi connectivity index (χ2n) is 7.16. The Balaban J connectivity index is 1.58. The molecule has 4 rings (SSSR count). The fourth-order valence-corrected chi connectivity index (χ4v) is 4.94. The third-order valence-electron chi connectivity index (χ3n) is 5.03. The molecular formula is C22H23N3O2S. The first-order chi connectivity index (χ1) is 13.4. The summed E-state index contributed by atoms with van der Waals surface area (Å²) < 4.78 is 28.0. The van der Waals surface area contributed by atoms with Crippen molar-refractivity contribution in [1.82, 2.24) is 4.98 Å². The van der Waals surface area contributed by atoms with Gasteiger partial charge in [-0.2, -0.15) is 0 Å². The summed E-state index contributed by atoms with van der Waals surface area (Å²) in [5.74, 6) is 0.314. The van der Waals surface area contributed by atoms with Crippen LogP contribution >= 0.6 is 0 Å². The van der Waals surface area contributed by atoms with Crippen LogP contribution in [0.15, 0.2) is 65.7 Å². The number of nitrogens with one attached hydrogen (secondary N) is 1. The Bertz CT molecular complexity index is 1110. The van der Waals surface area contributed by atoms with E-state index in [9.17, 15) is 8.42 Å². The molecule has 1 aliphatic heterocycles. The summed E-state index contributed by atoms with van der Waals surface area (Å²) in [6.07, 6.45) is 3.88. The van der Waals surface area contributed by atoms with Gasteiger partial charge in [0.2, 0.25) is 0 Å². The number of benzene rings is 2. The zero-order valence-corrected chi connectivity index (χ0v) is 16.8. The molecule has 0 atom stereocenters. The van der Waals surface area contributed by atoms with E-state index in [1.54, 1.807) is 31.3 Å². The minimum atomic E-state index is -3.67. The first-order valence-corrected chi connectivity index (χ1v) is 10.8. The van der Waals surface area contributed by atoms with Crippen molar-refractivity contribution < 1.29 is 8.42 Å². The SMILES string of the molecule is Cc1ccc(S(=O)(=O)Nc2ccc(N3CCCc4ccccc43)cn2)c(C)c1. The molecule has 3 aromatic rings. The number of nitrogens with zero attached hydrogens (tertiary/aromatic N) is 2. The van der Waals surface area contributed by atoms with Crippen molar-refractivity contribution in [1.29, 1.82) is 0 Å². The summed E-state index contributed by atoms with van der Waals surface area (Å²) in [4.78, 5) is 6.86. The standard InChI is InChI=1S/C22H23N3O2S/c1-16-9-11-21(17(2)14-16)28(26,27)24-22-12-10-19(15-23-22)25-13-5-7-18-6-3-4-8-20(18)25/h3-4,6,8-12,14-15H,5,7,13H2,1-2H3,(H,23,24). The molecule has 28 heavy (non-hydrogen) atoms. The van der Waals surface area contributed by atoms with E-state index < -0.39 is 10.0 Å². The first kappa shape index (κ1) is 18.5. The van der Waals surface area contributed by atoms with Gasteiger partial charge in [0.15, 0.2) is 0 Å².